The molecule has 3 aromatic heterocycles. The van der Waals surface area contributed by atoms with Crippen LogP contribution in [-0.2, 0) is 0 Å². The number of fused-ring (bicyclic) bond motifs is 4. The number of aromatic hydroxyl groups is 1. The van der Waals surface area contributed by atoms with E-state index in [0.717, 1.165) is 22.3 Å². The van der Waals surface area contributed by atoms with E-state index in [0.29, 0.717) is 28.9 Å². The zero-order chi connectivity index (χ0) is 21.7. The molecule has 0 amide bonds. The number of hydrogen-bond acceptors (Lipinski definition) is 7. The predicted molar refractivity (Wildman–Crippen MR) is 116 cm³/mol. The van der Waals surface area contributed by atoms with Crippen LogP contribution in [0.4, 0.5) is 0 Å². The first kappa shape index (κ1) is 18.3. The molecule has 0 spiro atoms. The fourth-order valence-corrected chi connectivity index (χ4v) is 4.14. The van der Waals surface area contributed by atoms with Gasteiger partial charge >= 0.3 is 0 Å². The Kier molecular flexibility index (Phi) is 4.04. The Morgan fingerprint density at radius 1 is 1.09 bits per heavy atom. The van der Waals surface area contributed by atoms with Crippen LogP contribution in [0.25, 0.3) is 17.0 Å². The molecule has 1 aliphatic rings. The molecule has 0 fully saturated rings. The van der Waals surface area contributed by atoms with Gasteiger partial charge in [0, 0.05) is 29.9 Å². The molecule has 2 aromatic carbocycles. The average Bonchev–Trinajstić information content (AvgIpc) is 3.27. The third-order valence-electron chi connectivity index (χ3n) is 5.56. The zero-order valence-corrected chi connectivity index (χ0v) is 17.0. The van der Waals surface area contributed by atoms with Crippen LogP contribution in [0.5, 0.6) is 23.1 Å². The summed E-state index contributed by atoms with van der Waals surface area (Å²) in [6.45, 7) is 0. The number of ether oxygens (including phenoxy) is 2. The Morgan fingerprint density at radius 3 is 2.84 bits per heavy atom. The number of pyridine rings is 1. The molecular weight excluding hydrogens is 406 g/mol. The normalized spacial score (nSPS) is 14.5. The highest BCUT2D eigenvalue weighted by molar-refractivity contribution is 5.70. The molecule has 0 unspecified atom stereocenters. The number of benzene rings is 2. The fraction of sp³-hybridized carbons (Fsp3) is 0.0833. The first-order valence-corrected chi connectivity index (χ1v) is 10.0. The highest BCUT2D eigenvalue weighted by Crippen LogP contribution is 2.48. The topological polar surface area (TPSA) is 94.7 Å². The van der Waals surface area contributed by atoms with E-state index >= 15 is 0 Å². The molecular formula is C24H17N5O3. The number of nitrogens with zero attached hydrogens (tertiary/aromatic N) is 5. The second kappa shape index (κ2) is 7.05. The number of phenolic OH excluding ortho intramolecular Hbond substituents is 1. The molecule has 1 N–H and O–H groups in total. The molecule has 0 aliphatic carbocycles. The van der Waals surface area contributed by atoms with E-state index in [1.54, 1.807) is 36.3 Å². The van der Waals surface area contributed by atoms with Crippen molar-refractivity contribution in [3.63, 3.8) is 0 Å². The molecule has 156 valence electrons. The monoisotopic (exact) mass is 423 g/mol. The number of rotatable bonds is 3. The molecule has 6 rings (SSSR count). The largest absolute Gasteiger partial charge is 0.508 e. The SMILES string of the molecule is COc1ccccc1-c1nc2c3c(ncn2n1)Oc1cc(O)ccc1[C@H]3c1cccnc1. The summed E-state index contributed by atoms with van der Waals surface area (Å²) in [6, 6.07) is 16.6. The third-order valence-corrected chi connectivity index (χ3v) is 5.56. The summed E-state index contributed by atoms with van der Waals surface area (Å²) in [5, 5.41) is 14.6. The fourth-order valence-electron chi connectivity index (χ4n) is 4.14. The van der Waals surface area contributed by atoms with E-state index in [4.69, 9.17) is 14.5 Å². The first-order valence-electron chi connectivity index (χ1n) is 10.0. The van der Waals surface area contributed by atoms with Gasteiger partial charge < -0.3 is 14.6 Å². The van der Waals surface area contributed by atoms with Crippen molar-refractivity contribution < 1.29 is 14.6 Å². The van der Waals surface area contributed by atoms with Crippen LogP contribution in [-0.4, -0.2) is 36.8 Å². The van der Waals surface area contributed by atoms with Crippen LogP contribution < -0.4 is 9.47 Å². The van der Waals surface area contributed by atoms with Crippen LogP contribution in [0.1, 0.15) is 22.6 Å². The lowest BCUT2D eigenvalue weighted by atomic mass is 9.84. The lowest BCUT2D eigenvalue weighted by Gasteiger charge is -2.27. The maximum absolute atomic E-state index is 9.99. The molecule has 5 aromatic rings. The Balaban J connectivity index is 1.62. The quantitative estimate of drug-likeness (QED) is 0.456. The highest BCUT2D eigenvalue weighted by Gasteiger charge is 2.33. The van der Waals surface area contributed by atoms with Gasteiger partial charge in [0.25, 0.3) is 0 Å². The van der Waals surface area contributed by atoms with Gasteiger partial charge in [-0.3, -0.25) is 4.98 Å². The van der Waals surface area contributed by atoms with Gasteiger partial charge in [-0.2, -0.15) is 0 Å². The van der Waals surface area contributed by atoms with Crippen molar-refractivity contribution in [1.82, 2.24) is 24.6 Å². The van der Waals surface area contributed by atoms with Crippen LogP contribution in [0, 0.1) is 0 Å². The molecule has 0 saturated carbocycles. The minimum atomic E-state index is -0.242. The number of hydrogen-bond donors (Lipinski definition) is 1. The average molecular weight is 423 g/mol. The van der Waals surface area contributed by atoms with Gasteiger partial charge in [0.2, 0.25) is 5.88 Å². The van der Waals surface area contributed by atoms with Crippen molar-refractivity contribution >= 4 is 5.65 Å². The number of aromatic nitrogens is 5. The summed E-state index contributed by atoms with van der Waals surface area (Å²) in [7, 11) is 1.62. The van der Waals surface area contributed by atoms with Crippen molar-refractivity contribution in [2.45, 2.75) is 5.92 Å². The summed E-state index contributed by atoms with van der Waals surface area (Å²) in [6.07, 6.45) is 5.13. The molecule has 1 atom stereocenters. The Morgan fingerprint density at radius 2 is 2.00 bits per heavy atom. The van der Waals surface area contributed by atoms with Crippen molar-refractivity contribution in [1.29, 1.82) is 0 Å². The second-order valence-electron chi connectivity index (χ2n) is 7.41. The third kappa shape index (κ3) is 2.77. The van der Waals surface area contributed by atoms with E-state index < -0.39 is 0 Å². The zero-order valence-electron chi connectivity index (χ0n) is 17.0. The molecule has 8 heteroatoms. The highest BCUT2D eigenvalue weighted by atomic mass is 16.5. The maximum Gasteiger partial charge on any atom is 0.228 e. The Bertz CT molecular complexity index is 1470. The van der Waals surface area contributed by atoms with Gasteiger partial charge in [-0.15, -0.1) is 5.10 Å². The van der Waals surface area contributed by atoms with Gasteiger partial charge in [0.05, 0.1) is 18.2 Å². The van der Waals surface area contributed by atoms with Crippen molar-refractivity contribution in [3.05, 3.63) is 90.0 Å². The van der Waals surface area contributed by atoms with Gasteiger partial charge in [-0.25, -0.2) is 14.5 Å². The van der Waals surface area contributed by atoms with Crippen molar-refractivity contribution in [3.8, 4) is 34.5 Å². The van der Waals surface area contributed by atoms with E-state index in [1.165, 1.54) is 0 Å². The van der Waals surface area contributed by atoms with Gasteiger partial charge in [-0.05, 0) is 29.8 Å². The number of phenols is 1. The van der Waals surface area contributed by atoms with Gasteiger partial charge in [0.1, 0.15) is 23.6 Å². The minimum Gasteiger partial charge on any atom is -0.508 e. The number of methoxy groups -OCH3 is 1. The van der Waals surface area contributed by atoms with Crippen LogP contribution in [0.3, 0.4) is 0 Å². The van der Waals surface area contributed by atoms with E-state index in [1.807, 2.05) is 48.7 Å². The van der Waals surface area contributed by atoms with E-state index in [9.17, 15) is 5.11 Å². The van der Waals surface area contributed by atoms with E-state index in [2.05, 4.69) is 15.1 Å². The van der Waals surface area contributed by atoms with E-state index in [-0.39, 0.29) is 11.7 Å². The Labute approximate surface area is 182 Å². The number of para-hydroxylation sites is 1. The molecule has 32 heavy (non-hydrogen) atoms. The summed E-state index contributed by atoms with van der Waals surface area (Å²) in [5.74, 6) is 2.06. The first-order chi connectivity index (χ1) is 15.7. The van der Waals surface area contributed by atoms with Gasteiger partial charge in [-0.1, -0.05) is 24.3 Å². The molecule has 1 aliphatic heterocycles. The standard InChI is InChI=1S/C24H17N5O3/c1-31-18-7-3-2-6-17(18)22-27-23-21-20(14-5-4-10-25-12-14)16-9-8-15(30)11-19(16)32-24(21)26-13-29(23)28-22/h2-13,20,30H,1H3/t20-/m1/s1. The smallest absolute Gasteiger partial charge is 0.228 e. The lowest BCUT2D eigenvalue weighted by molar-refractivity contribution is 0.416. The second-order valence-corrected chi connectivity index (χ2v) is 7.41. The summed E-state index contributed by atoms with van der Waals surface area (Å²) < 4.78 is 13.2. The molecule has 4 heterocycles. The van der Waals surface area contributed by atoms with Crippen molar-refractivity contribution in [2.24, 2.45) is 0 Å². The summed E-state index contributed by atoms with van der Waals surface area (Å²) >= 11 is 0. The maximum atomic E-state index is 9.99. The molecule has 0 saturated heterocycles. The van der Waals surface area contributed by atoms with Crippen LogP contribution in [0.2, 0.25) is 0 Å². The van der Waals surface area contributed by atoms with Crippen molar-refractivity contribution in [2.75, 3.05) is 7.11 Å². The molecule has 0 radical (unpaired) electrons. The van der Waals surface area contributed by atoms with Crippen LogP contribution >= 0.6 is 0 Å². The summed E-state index contributed by atoms with van der Waals surface area (Å²) in [4.78, 5) is 13.7. The minimum absolute atomic E-state index is 0.124. The predicted octanol–water partition coefficient (Wildman–Crippen LogP) is 4.19. The molecule has 0 bridgehead atoms. The van der Waals surface area contributed by atoms with Crippen LogP contribution in [0.15, 0.2) is 73.3 Å². The lowest BCUT2D eigenvalue weighted by Crippen LogP contribution is -2.15. The summed E-state index contributed by atoms with van der Waals surface area (Å²) in [5.41, 5.74) is 4.05. The molecule has 8 nitrogen and oxygen atoms in total. The van der Waals surface area contributed by atoms with Gasteiger partial charge in [0.15, 0.2) is 11.5 Å². The Hall–Kier alpha value is -4.46.